The molecule has 1 aromatic rings. The number of amides is 2. The maximum Gasteiger partial charge on any atom is 0.246 e. The molecule has 5 nitrogen and oxygen atoms in total. The van der Waals surface area contributed by atoms with Gasteiger partial charge < -0.3 is 14.7 Å². The molecular weight excluding hydrogens is 341 g/mol. The van der Waals surface area contributed by atoms with Crippen LogP contribution in [0.15, 0.2) is 24.3 Å². The number of para-hydroxylation sites is 1. The molecule has 3 aliphatic heterocycles. The Morgan fingerprint density at radius 2 is 1.96 bits per heavy atom. The van der Waals surface area contributed by atoms with Crippen LogP contribution >= 0.6 is 11.8 Å². The minimum atomic E-state index is -0.343. The van der Waals surface area contributed by atoms with E-state index < -0.39 is 0 Å². The number of rotatable bonds is 2. The number of thioether (sulfide) groups is 1. The molecule has 2 amide bonds. The van der Waals surface area contributed by atoms with Gasteiger partial charge in [0, 0.05) is 38.4 Å². The van der Waals surface area contributed by atoms with Gasteiger partial charge in [-0.2, -0.15) is 0 Å². The lowest BCUT2D eigenvalue weighted by Gasteiger charge is -2.39. The summed E-state index contributed by atoms with van der Waals surface area (Å²) in [5.41, 5.74) is 0.591. The molecule has 0 aromatic heterocycles. The second kappa shape index (κ2) is 6.20. The Kier molecular flexibility index (Phi) is 4.14. The number of anilines is 1. The van der Waals surface area contributed by atoms with Gasteiger partial charge in [-0.15, -0.1) is 11.8 Å². The van der Waals surface area contributed by atoms with Crippen LogP contribution in [-0.4, -0.2) is 64.5 Å². The van der Waals surface area contributed by atoms with Crippen molar-refractivity contribution in [2.75, 3.05) is 36.8 Å². The van der Waals surface area contributed by atoms with Crippen molar-refractivity contribution in [3.05, 3.63) is 30.1 Å². The molecule has 1 aromatic carbocycles. The molecule has 7 heteroatoms. The number of nitrogens with zero attached hydrogens (tertiary/aromatic N) is 3. The first-order valence-electron chi connectivity index (χ1n) is 8.74. The van der Waals surface area contributed by atoms with Crippen LogP contribution in [0.1, 0.15) is 19.8 Å². The maximum absolute atomic E-state index is 13.9. The number of hydrogen-bond acceptors (Lipinski definition) is 4. The highest BCUT2D eigenvalue weighted by molar-refractivity contribution is 8.01. The van der Waals surface area contributed by atoms with Crippen molar-refractivity contribution in [1.29, 1.82) is 0 Å². The number of carbonyl (C=O) groups excluding carboxylic acids is 2. The highest BCUT2D eigenvalue weighted by Crippen LogP contribution is 2.47. The van der Waals surface area contributed by atoms with E-state index in [0.717, 1.165) is 6.42 Å². The summed E-state index contributed by atoms with van der Waals surface area (Å²) in [7, 11) is 0. The average Bonchev–Trinajstić information content (AvgIpc) is 3.11. The van der Waals surface area contributed by atoms with E-state index in [4.69, 9.17) is 0 Å². The summed E-state index contributed by atoms with van der Waals surface area (Å²) >= 11 is 1.72. The van der Waals surface area contributed by atoms with Gasteiger partial charge in [0.05, 0.1) is 10.6 Å². The molecule has 0 bridgehead atoms. The van der Waals surface area contributed by atoms with Crippen LogP contribution in [0.3, 0.4) is 0 Å². The Morgan fingerprint density at radius 3 is 2.68 bits per heavy atom. The van der Waals surface area contributed by atoms with Crippen molar-refractivity contribution in [2.45, 2.75) is 30.7 Å². The van der Waals surface area contributed by atoms with Gasteiger partial charge >= 0.3 is 0 Å². The molecule has 0 N–H and O–H groups in total. The number of fused-ring (bicyclic) bond motifs is 1. The Labute approximate surface area is 151 Å². The quantitative estimate of drug-likeness (QED) is 0.805. The van der Waals surface area contributed by atoms with Crippen LogP contribution in [-0.2, 0) is 9.59 Å². The van der Waals surface area contributed by atoms with Gasteiger partial charge in [-0.1, -0.05) is 12.1 Å². The predicted octanol–water partition coefficient (Wildman–Crippen LogP) is 1.93. The highest BCUT2D eigenvalue weighted by Gasteiger charge is 2.53. The van der Waals surface area contributed by atoms with Crippen molar-refractivity contribution >= 4 is 29.3 Å². The standard InChI is InChI=1S/C18H22FN3O2S/c1-18-7-6-16(23)22(18)15(12-25-18)17(24)21-10-8-20(9-11-21)14-5-3-2-4-13(14)19/h2-5,15H,6-12H2,1H3. The van der Waals surface area contributed by atoms with Crippen LogP contribution in [0.25, 0.3) is 0 Å². The van der Waals surface area contributed by atoms with Gasteiger partial charge in [0.15, 0.2) is 0 Å². The van der Waals surface area contributed by atoms with E-state index >= 15 is 0 Å². The minimum absolute atomic E-state index is 0.0414. The van der Waals surface area contributed by atoms with Gasteiger partial charge in [-0.25, -0.2) is 4.39 Å². The van der Waals surface area contributed by atoms with Crippen molar-refractivity contribution in [1.82, 2.24) is 9.80 Å². The fraction of sp³-hybridized carbons (Fsp3) is 0.556. The molecule has 25 heavy (non-hydrogen) atoms. The first-order valence-corrected chi connectivity index (χ1v) is 9.72. The topological polar surface area (TPSA) is 43.9 Å². The molecule has 4 rings (SSSR count). The smallest absolute Gasteiger partial charge is 0.246 e. The SMILES string of the molecule is CC12CCC(=O)N1C(C(=O)N1CCN(c3ccccc3F)CC1)CS2. The fourth-order valence-electron chi connectivity index (χ4n) is 4.09. The summed E-state index contributed by atoms with van der Waals surface area (Å²) < 4.78 is 13.9. The third-order valence-corrected chi connectivity index (χ3v) is 7.02. The summed E-state index contributed by atoms with van der Waals surface area (Å²) in [5, 5.41) is 0. The third-order valence-electron chi connectivity index (χ3n) is 5.51. The lowest BCUT2D eigenvalue weighted by molar-refractivity contribution is -0.143. The highest BCUT2D eigenvalue weighted by atomic mass is 32.2. The molecule has 3 aliphatic rings. The third kappa shape index (κ3) is 2.78. The molecule has 3 fully saturated rings. The molecule has 3 saturated heterocycles. The largest absolute Gasteiger partial charge is 0.366 e. The molecule has 0 aliphatic carbocycles. The minimum Gasteiger partial charge on any atom is -0.366 e. The van der Waals surface area contributed by atoms with Crippen LogP contribution in [0.5, 0.6) is 0 Å². The van der Waals surface area contributed by atoms with Crippen molar-refractivity contribution in [3.63, 3.8) is 0 Å². The van der Waals surface area contributed by atoms with E-state index in [1.54, 1.807) is 23.9 Å². The Morgan fingerprint density at radius 1 is 1.24 bits per heavy atom. The summed E-state index contributed by atoms with van der Waals surface area (Å²) in [6.07, 6.45) is 1.36. The Hall–Kier alpha value is -1.76. The average molecular weight is 363 g/mol. The number of piperazine rings is 1. The maximum atomic E-state index is 13.9. The van der Waals surface area contributed by atoms with E-state index in [0.29, 0.717) is 44.0 Å². The molecule has 3 heterocycles. The van der Waals surface area contributed by atoms with E-state index in [-0.39, 0.29) is 28.5 Å². The normalized spacial score (nSPS) is 29.3. The zero-order valence-corrected chi connectivity index (χ0v) is 15.1. The van der Waals surface area contributed by atoms with Crippen molar-refractivity contribution < 1.29 is 14.0 Å². The summed E-state index contributed by atoms with van der Waals surface area (Å²) in [6.45, 7) is 4.40. The zero-order valence-electron chi connectivity index (χ0n) is 14.3. The molecule has 2 unspecified atom stereocenters. The molecular formula is C18H22FN3O2S. The van der Waals surface area contributed by atoms with E-state index in [1.807, 2.05) is 20.8 Å². The molecule has 2 atom stereocenters. The molecule has 134 valence electrons. The van der Waals surface area contributed by atoms with Gasteiger partial charge in [-0.05, 0) is 25.5 Å². The second-order valence-corrected chi connectivity index (χ2v) is 8.53. The number of carbonyl (C=O) groups is 2. The number of benzene rings is 1. The van der Waals surface area contributed by atoms with Crippen LogP contribution in [0.4, 0.5) is 10.1 Å². The number of halogens is 1. The monoisotopic (exact) mass is 363 g/mol. The second-order valence-electron chi connectivity index (χ2n) is 7.03. The zero-order chi connectivity index (χ0) is 17.6. The van der Waals surface area contributed by atoms with Crippen molar-refractivity contribution in [2.24, 2.45) is 0 Å². The molecule has 0 saturated carbocycles. The van der Waals surface area contributed by atoms with Crippen LogP contribution < -0.4 is 4.90 Å². The van der Waals surface area contributed by atoms with E-state index in [9.17, 15) is 14.0 Å². The lowest BCUT2D eigenvalue weighted by Crippen LogP contribution is -2.56. The van der Waals surface area contributed by atoms with Gasteiger partial charge in [0.25, 0.3) is 0 Å². The predicted molar refractivity (Wildman–Crippen MR) is 95.9 cm³/mol. The summed E-state index contributed by atoms with van der Waals surface area (Å²) in [5.74, 6) is 0.581. The first-order chi connectivity index (χ1) is 12.0. The van der Waals surface area contributed by atoms with Gasteiger partial charge in [-0.3, -0.25) is 9.59 Å². The van der Waals surface area contributed by atoms with Crippen LogP contribution in [0.2, 0.25) is 0 Å². The number of hydrogen-bond donors (Lipinski definition) is 0. The lowest BCUT2D eigenvalue weighted by atomic mass is 10.1. The van der Waals surface area contributed by atoms with E-state index in [1.165, 1.54) is 6.07 Å². The van der Waals surface area contributed by atoms with Gasteiger partial charge in [0.2, 0.25) is 11.8 Å². The summed E-state index contributed by atoms with van der Waals surface area (Å²) in [6, 6.07) is 6.40. The Bertz CT molecular complexity index is 707. The van der Waals surface area contributed by atoms with E-state index in [2.05, 4.69) is 6.92 Å². The van der Waals surface area contributed by atoms with Crippen LogP contribution in [0, 0.1) is 5.82 Å². The van der Waals surface area contributed by atoms with Gasteiger partial charge in [0.1, 0.15) is 11.9 Å². The Balaban J connectivity index is 1.42. The van der Waals surface area contributed by atoms with Crippen molar-refractivity contribution in [3.8, 4) is 0 Å². The molecule has 0 spiro atoms. The molecule has 0 radical (unpaired) electrons. The first kappa shape index (κ1) is 16.7. The fourth-order valence-corrected chi connectivity index (χ4v) is 5.51. The summed E-state index contributed by atoms with van der Waals surface area (Å²) in [4.78, 5) is 30.6.